The van der Waals surface area contributed by atoms with E-state index < -0.39 is 5.97 Å². The highest BCUT2D eigenvalue weighted by molar-refractivity contribution is 7.98. The van der Waals surface area contributed by atoms with Gasteiger partial charge in [-0.15, -0.1) is 11.8 Å². The number of carbonyl (C=O) groups excluding carboxylic acids is 1. The Hall–Kier alpha value is -2.53. The molecular weight excluding hydrogens is 322 g/mol. The molecule has 2 aromatic carbocycles. The van der Waals surface area contributed by atoms with Gasteiger partial charge in [0.2, 0.25) is 5.43 Å². The van der Waals surface area contributed by atoms with Gasteiger partial charge in [-0.25, -0.2) is 4.79 Å². The number of para-hydroxylation sites is 1. The number of hydrogen-bond acceptors (Lipinski definition) is 4. The molecule has 3 aromatic rings. The lowest BCUT2D eigenvalue weighted by atomic mass is 10.1. The highest BCUT2D eigenvalue weighted by Crippen LogP contribution is 2.25. The third-order valence-electron chi connectivity index (χ3n) is 3.77. The molecule has 0 amide bonds. The maximum atomic E-state index is 12.7. The van der Waals surface area contributed by atoms with Gasteiger partial charge in [0, 0.05) is 11.1 Å². The second kappa shape index (κ2) is 6.93. The molecule has 1 heterocycles. The van der Waals surface area contributed by atoms with Crippen molar-refractivity contribution in [3.05, 3.63) is 75.4 Å². The van der Waals surface area contributed by atoms with Gasteiger partial charge in [-0.1, -0.05) is 42.0 Å². The molecular formula is C19H17NO3S. The van der Waals surface area contributed by atoms with Crippen LogP contribution < -0.4 is 5.43 Å². The van der Waals surface area contributed by atoms with Crippen molar-refractivity contribution in [2.24, 2.45) is 0 Å². The number of aromatic nitrogens is 1. The molecule has 0 aliphatic heterocycles. The molecule has 3 rings (SSSR count). The zero-order valence-electron chi connectivity index (χ0n) is 13.5. The van der Waals surface area contributed by atoms with Crippen LogP contribution in [-0.2, 0) is 10.5 Å². The van der Waals surface area contributed by atoms with Crippen LogP contribution in [0.1, 0.15) is 21.5 Å². The first-order valence-electron chi connectivity index (χ1n) is 7.52. The van der Waals surface area contributed by atoms with Crippen molar-refractivity contribution in [1.82, 2.24) is 4.98 Å². The molecule has 0 unspecified atom stereocenters. The molecule has 0 radical (unpaired) electrons. The lowest BCUT2D eigenvalue weighted by Gasteiger charge is -2.10. The van der Waals surface area contributed by atoms with Crippen LogP contribution in [0.3, 0.4) is 0 Å². The van der Waals surface area contributed by atoms with E-state index in [1.807, 2.05) is 43.3 Å². The lowest BCUT2D eigenvalue weighted by Crippen LogP contribution is -2.19. The number of methoxy groups -OCH3 is 1. The molecule has 0 bridgehead atoms. The monoisotopic (exact) mass is 339 g/mol. The van der Waals surface area contributed by atoms with E-state index in [1.54, 1.807) is 12.1 Å². The van der Waals surface area contributed by atoms with E-state index in [-0.39, 0.29) is 11.0 Å². The second-order valence-corrected chi connectivity index (χ2v) is 6.46. The Kier molecular flexibility index (Phi) is 4.71. The van der Waals surface area contributed by atoms with Crippen LogP contribution in [0.25, 0.3) is 10.9 Å². The summed E-state index contributed by atoms with van der Waals surface area (Å²) >= 11 is 1.42. The molecule has 122 valence electrons. The maximum Gasteiger partial charge on any atom is 0.344 e. The van der Waals surface area contributed by atoms with Gasteiger partial charge in [0.15, 0.2) is 0 Å². The summed E-state index contributed by atoms with van der Waals surface area (Å²) in [6, 6.07) is 15.3. The van der Waals surface area contributed by atoms with Crippen LogP contribution in [0.15, 0.2) is 58.4 Å². The number of fused-ring (bicyclic) bond motifs is 1. The summed E-state index contributed by atoms with van der Waals surface area (Å²) in [5.74, 6) is 0.0341. The lowest BCUT2D eigenvalue weighted by molar-refractivity contribution is 0.0594. The van der Waals surface area contributed by atoms with Gasteiger partial charge in [-0.05, 0) is 24.6 Å². The third-order valence-corrected chi connectivity index (χ3v) is 4.84. The van der Waals surface area contributed by atoms with E-state index in [0.717, 1.165) is 5.56 Å². The number of aryl methyl sites for hydroxylation is 1. The van der Waals surface area contributed by atoms with Gasteiger partial charge in [0.25, 0.3) is 0 Å². The third kappa shape index (κ3) is 3.21. The highest BCUT2D eigenvalue weighted by Gasteiger charge is 2.20. The second-order valence-electron chi connectivity index (χ2n) is 5.47. The summed E-state index contributed by atoms with van der Waals surface area (Å²) in [5, 5.41) is 1.02. The van der Waals surface area contributed by atoms with Crippen molar-refractivity contribution in [1.29, 1.82) is 0 Å². The SMILES string of the molecule is COC(=O)c1c(SCc2ccc(C)cc2)[nH]c2ccccc2c1=O. The van der Waals surface area contributed by atoms with E-state index in [0.29, 0.717) is 21.7 Å². The number of pyridine rings is 1. The number of carbonyl (C=O) groups is 1. The van der Waals surface area contributed by atoms with Gasteiger partial charge in [0.1, 0.15) is 5.56 Å². The molecule has 1 aromatic heterocycles. The first-order chi connectivity index (χ1) is 11.6. The van der Waals surface area contributed by atoms with Crippen molar-refractivity contribution in [3.63, 3.8) is 0 Å². The summed E-state index contributed by atoms with van der Waals surface area (Å²) in [6.07, 6.45) is 0. The number of rotatable bonds is 4. The van der Waals surface area contributed by atoms with Crippen LogP contribution in [0.2, 0.25) is 0 Å². The molecule has 1 N–H and O–H groups in total. The minimum Gasteiger partial charge on any atom is -0.465 e. The molecule has 4 nitrogen and oxygen atoms in total. The van der Waals surface area contributed by atoms with E-state index in [1.165, 1.54) is 24.4 Å². The Balaban J connectivity index is 2.03. The van der Waals surface area contributed by atoms with Crippen LogP contribution >= 0.6 is 11.8 Å². The predicted octanol–water partition coefficient (Wildman–Crippen LogP) is 3.92. The highest BCUT2D eigenvalue weighted by atomic mass is 32.2. The molecule has 5 heteroatoms. The topological polar surface area (TPSA) is 59.2 Å². The van der Waals surface area contributed by atoms with Crippen molar-refractivity contribution >= 4 is 28.6 Å². The molecule has 0 aliphatic carbocycles. The Morgan fingerprint density at radius 1 is 1.12 bits per heavy atom. The fourth-order valence-corrected chi connectivity index (χ4v) is 3.45. The molecule has 0 aliphatic rings. The average molecular weight is 339 g/mol. The van der Waals surface area contributed by atoms with E-state index in [9.17, 15) is 9.59 Å². The summed E-state index contributed by atoms with van der Waals surface area (Å²) in [4.78, 5) is 28.0. The Morgan fingerprint density at radius 2 is 1.83 bits per heavy atom. The first kappa shape index (κ1) is 16.3. The number of esters is 1. The van der Waals surface area contributed by atoms with Crippen LogP contribution in [0.5, 0.6) is 0 Å². The number of nitrogens with one attached hydrogen (secondary N) is 1. The minimum absolute atomic E-state index is 0.0633. The quantitative estimate of drug-likeness (QED) is 0.578. The summed E-state index contributed by atoms with van der Waals surface area (Å²) in [6.45, 7) is 2.03. The number of aromatic amines is 1. The van der Waals surface area contributed by atoms with Gasteiger partial charge < -0.3 is 9.72 Å². The molecule has 0 saturated heterocycles. The number of thioether (sulfide) groups is 1. The van der Waals surface area contributed by atoms with Gasteiger partial charge in [0.05, 0.1) is 17.7 Å². The summed E-state index contributed by atoms with van der Waals surface area (Å²) < 4.78 is 4.80. The summed E-state index contributed by atoms with van der Waals surface area (Å²) in [5.41, 5.74) is 2.78. The fraction of sp³-hybridized carbons (Fsp3) is 0.158. The number of benzene rings is 2. The normalized spacial score (nSPS) is 10.8. The van der Waals surface area contributed by atoms with Gasteiger partial charge in [-0.2, -0.15) is 0 Å². The number of H-pyrrole nitrogens is 1. The van der Waals surface area contributed by atoms with E-state index >= 15 is 0 Å². The molecule has 0 spiro atoms. The van der Waals surface area contributed by atoms with Crippen molar-refractivity contribution in [2.45, 2.75) is 17.7 Å². The standard InChI is InChI=1S/C19H17NO3S/c1-12-7-9-13(10-8-12)11-24-18-16(19(22)23-2)17(21)14-5-3-4-6-15(14)20-18/h3-10H,11H2,1-2H3,(H,20,21). The maximum absolute atomic E-state index is 12.7. The fourth-order valence-electron chi connectivity index (χ4n) is 2.45. The van der Waals surface area contributed by atoms with E-state index in [4.69, 9.17) is 4.74 Å². The smallest absolute Gasteiger partial charge is 0.344 e. The Morgan fingerprint density at radius 3 is 2.54 bits per heavy atom. The molecule has 0 atom stereocenters. The van der Waals surface area contributed by atoms with Gasteiger partial charge >= 0.3 is 5.97 Å². The summed E-state index contributed by atoms with van der Waals surface area (Å²) in [7, 11) is 1.28. The van der Waals surface area contributed by atoms with Crippen molar-refractivity contribution in [2.75, 3.05) is 7.11 Å². The van der Waals surface area contributed by atoms with Crippen molar-refractivity contribution in [3.8, 4) is 0 Å². The number of hydrogen-bond donors (Lipinski definition) is 1. The van der Waals surface area contributed by atoms with Crippen LogP contribution in [-0.4, -0.2) is 18.1 Å². The zero-order valence-corrected chi connectivity index (χ0v) is 14.3. The van der Waals surface area contributed by atoms with Crippen LogP contribution in [0.4, 0.5) is 0 Å². The largest absolute Gasteiger partial charge is 0.465 e. The molecule has 0 fully saturated rings. The predicted molar refractivity (Wildman–Crippen MR) is 96.6 cm³/mol. The van der Waals surface area contributed by atoms with Gasteiger partial charge in [-0.3, -0.25) is 4.79 Å². The number of ether oxygens (including phenoxy) is 1. The minimum atomic E-state index is -0.617. The Labute approximate surface area is 143 Å². The van der Waals surface area contributed by atoms with E-state index in [2.05, 4.69) is 4.98 Å². The molecule has 0 saturated carbocycles. The molecule has 24 heavy (non-hydrogen) atoms. The zero-order chi connectivity index (χ0) is 17.1. The van der Waals surface area contributed by atoms with Crippen LogP contribution in [0, 0.1) is 6.92 Å². The average Bonchev–Trinajstić information content (AvgIpc) is 2.61. The Bertz CT molecular complexity index is 945. The van der Waals surface area contributed by atoms with Crippen molar-refractivity contribution < 1.29 is 9.53 Å². The first-order valence-corrected chi connectivity index (χ1v) is 8.50.